The van der Waals surface area contributed by atoms with Crippen LogP contribution in [0.1, 0.15) is 84.3 Å². The van der Waals surface area contributed by atoms with Gasteiger partial charge in [0, 0.05) is 25.8 Å². The molecular formula is C27H30F5N11O3. The van der Waals surface area contributed by atoms with E-state index >= 15 is 0 Å². The minimum absolute atomic E-state index is 0.0557. The maximum atomic E-state index is 14.0. The highest BCUT2D eigenvalue weighted by Gasteiger charge is 2.58. The third kappa shape index (κ3) is 5.77. The standard InChI is InChI=1S/C27H30F5N11O3/c1-13(22-37-40-41-42(22)3)25(10-18(27(30,31)32)35-24(25)45)9-15-8-19-34-17(12-43(19)33-11-15)21(16-4-6-26(28,29)7-5-16)36-23(44)20-14(2)38-46-39-20/h8,11-13,16,18,21H,4-7,9-10H2,1-3H3,(H,35,45)(H,36,44)/t13-,18+,21+,25+/m1/s1. The number of aryl methyl sites for hydroxylation is 2. The molecule has 6 rings (SSSR count). The van der Waals surface area contributed by atoms with Gasteiger partial charge in [0.25, 0.3) is 5.91 Å². The highest BCUT2D eigenvalue weighted by atomic mass is 19.4. The Labute approximate surface area is 257 Å². The first kappa shape index (κ1) is 31.4. The predicted octanol–water partition coefficient (Wildman–Crippen LogP) is 3.02. The lowest BCUT2D eigenvalue weighted by Crippen LogP contribution is -2.40. The second-order valence-corrected chi connectivity index (χ2v) is 12.2. The zero-order chi connectivity index (χ0) is 33.0. The van der Waals surface area contributed by atoms with Gasteiger partial charge in [-0.2, -0.15) is 18.3 Å². The van der Waals surface area contributed by atoms with Crippen molar-refractivity contribution in [1.29, 1.82) is 0 Å². The number of alkyl halides is 5. The number of hydrogen-bond acceptors (Lipinski definition) is 10. The topological polar surface area (TPSA) is 171 Å². The molecule has 2 N–H and O–H groups in total. The Morgan fingerprint density at radius 1 is 1.24 bits per heavy atom. The Morgan fingerprint density at radius 2 is 1.98 bits per heavy atom. The van der Waals surface area contributed by atoms with Gasteiger partial charge in [0.15, 0.2) is 17.2 Å². The first-order valence-electron chi connectivity index (χ1n) is 14.6. The number of rotatable bonds is 8. The summed E-state index contributed by atoms with van der Waals surface area (Å²) in [5.41, 5.74) is -0.346. The number of halogens is 5. The molecule has 14 nitrogen and oxygen atoms in total. The molecule has 4 aromatic heterocycles. The van der Waals surface area contributed by atoms with Crippen molar-refractivity contribution in [1.82, 2.24) is 55.8 Å². The van der Waals surface area contributed by atoms with Crippen molar-refractivity contribution in [2.75, 3.05) is 0 Å². The van der Waals surface area contributed by atoms with Crippen LogP contribution in [0.5, 0.6) is 0 Å². The van der Waals surface area contributed by atoms with Gasteiger partial charge in [-0.3, -0.25) is 9.59 Å². The van der Waals surface area contributed by atoms with E-state index in [9.17, 15) is 31.5 Å². The minimum atomic E-state index is -4.67. The third-order valence-corrected chi connectivity index (χ3v) is 9.21. The van der Waals surface area contributed by atoms with Crippen LogP contribution in [0.2, 0.25) is 0 Å². The van der Waals surface area contributed by atoms with Gasteiger partial charge in [-0.1, -0.05) is 12.1 Å². The molecule has 2 aliphatic rings. The van der Waals surface area contributed by atoms with E-state index in [0.717, 1.165) is 0 Å². The lowest BCUT2D eigenvalue weighted by atomic mass is 9.69. The number of tetrazole rings is 1. The van der Waals surface area contributed by atoms with Crippen molar-refractivity contribution >= 4 is 17.5 Å². The van der Waals surface area contributed by atoms with Crippen molar-refractivity contribution in [2.24, 2.45) is 18.4 Å². The Bertz CT molecular complexity index is 1760. The summed E-state index contributed by atoms with van der Waals surface area (Å²) in [6.45, 7) is 3.14. The average molecular weight is 652 g/mol. The number of hydrogen-bond donors (Lipinski definition) is 2. The van der Waals surface area contributed by atoms with E-state index in [0.29, 0.717) is 11.3 Å². The van der Waals surface area contributed by atoms with Gasteiger partial charge in [0.1, 0.15) is 11.7 Å². The summed E-state index contributed by atoms with van der Waals surface area (Å²) in [6, 6.07) is -1.27. The second-order valence-electron chi connectivity index (χ2n) is 12.2. The van der Waals surface area contributed by atoms with Crippen LogP contribution in [0.3, 0.4) is 0 Å². The van der Waals surface area contributed by atoms with Gasteiger partial charge in [-0.15, -0.1) is 5.10 Å². The fourth-order valence-corrected chi connectivity index (χ4v) is 6.56. The van der Waals surface area contributed by atoms with Crippen molar-refractivity contribution < 1.29 is 36.2 Å². The largest absolute Gasteiger partial charge is 0.408 e. The molecule has 0 unspecified atom stereocenters. The van der Waals surface area contributed by atoms with E-state index in [1.807, 2.05) is 0 Å². The van der Waals surface area contributed by atoms with Crippen molar-refractivity contribution in [3.8, 4) is 0 Å². The van der Waals surface area contributed by atoms with E-state index in [1.165, 1.54) is 29.4 Å². The smallest absolute Gasteiger partial charge is 0.344 e. The molecule has 5 heterocycles. The summed E-state index contributed by atoms with van der Waals surface area (Å²) in [4.78, 5) is 31.1. The number of nitrogens with one attached hydrogen (secondary N) is 2. The number of amides is 2. The number of aromatic nitrogens is 9. The van der Waals surface area contributed by atoms with Crippen molar-refractivity contribution in [3.05, 3.63) is 46.9 Å². The summed E-state index contributed by atoms with van der Waals surface area (Å²) in [6.07, 6.45) is -2.85. The van der Waals surface area contributed by atoms with Crippen LogP contribution in [0.4, 0.5) is 22.0 Å². The zero-order valence-corrected chi connectivity index (χ0v) is 24.9. The SMILES string of the molecule is Cc1nonc1C(=O)N[C@H](c1cn2ncc(C[C@@]3([C@H](C)c4nnnn4C)C[C@@H](C(F)(F)F)NC3=O)cc2n1)C1CCC(F)(F)CC1. The van der Waals surface area contributed by atoms with Crippen LogP contribution >= 0.6 is 0 Å². The number of nitrogens with zero attached hydrogens (tertiary/aromatic N) is 9. The van der Waals surface area contributed by atoms with E-state index in [4.69, 9.17) is 0 Å². The Morgan fingerprint density at radius 3 is 2.59 bits per heavy atom. The molecule has 4 atom stereocenters. The molecule has 1 saturated heterocycles. The first-order valence-corrected chi connectivity index (χ1v) is 14.6. The molecule has 0 bridgehead atoms. The molecule has 2 amide bonds. The summed E-state index contributed by atoms with van der Waals surface area (Å²) in [5.74, 6) is -5.18. The first-order chi connectivity index (χ1) is 21.7. The number of carbonyl (C=O) groups is 2. The van der Waals surface area contributed by atoms with Crippen molar-refractivity contribution in [2.45, 2.75) is 82.5 Å². The highest BCUT2D eigenvalue weighted by molar-refractivity contribution is 5.93. The van der Waals surface area contributed by atoms with Gasteiger partial charge >= 0.3 is 6.18 Å². The summed E-state index contributed by atoms with van der Waals surface area (Å²) in [5, 5.41) is 27.9. The summed E-state index contributed by atoms with van der Waals surface area (Å²) >= 11 is 0. The molecule has 1 saturated carbocycles. The molecule has 1 aliphatic carbocycles. The molecular weight excluding hydrogens is 621 g/mol. The lowest BCUT2D eigenvalue weighted by Gasteiger charge is -2.33. The van der Waals surface area contributed by atoms with E-state index in [1.54, 1.807) is 19.2 Å². The molecule has 19 heteroatoms. The lowest BCUT2D eigenvalue weighted by molar-refractivity contribution is -0.155. The summed E-state index contributed by atoms with van der Waals surface area (Å²) in [7, 11) is 1.54. The molecule has 0 spiro atoms. The molecule has 246 valence electrons. The van der Waals surface area contributed by atoms with Gasteiger partial charge in [0.05, 0.1) is 29.5 Å². The average Bonchev–Trinajstić information content (AvgIpc) is 3.78. The molecule has 1 aliphatic heterocycles. The molecule has 0 radical (unpaired) electrons. The summed E-state index contributed by atoms with van der Waals surface area (Å²) < 4.78 is 76.9. The van der Waals surface area contributed by atoms with E-state index in [-0.39, 0.29) is 55.0 Å². The zero-order valence-electron chi connectivity index (χ0n) is 24.9. The van der Waals surface area contributed by atoms with E-state index in [2.05, 4.69) is 51.2 Å². The fourth-order valence-electron chi connectivity index (χ4n) is 6.56. The van der Waals surface area contributed by atoms with Gasteiger partial charge in [-0.05, 0) is 65.7 Å². The fraction of sp³-hybridized carbons (Fsp3) is 0.593. The van der Waals surface area contributed by atoms with Crippen LogP contribution in [-0.4, -0.2) is 75.1 Å². The van der Waals surface area contributed by atoms with Gasteiger partial charge < -0.3 is 10.6 Å². The number of carbonyl (C=O) groups excluding carboxylic acids is 2. The van der Waals surface area contributed by atoms with Crippen LogP contribution in [0.25, 0.3) is 5.65 Å². The number of fused-ring (bicyclic) bond motifs is 1. The van der Waals surface area contributed by atoms with Crippen LogP contribution in [0.15, 0.2) is 23.1 Å². The highest BCUT2D eigenvalue weighted by Crippen LogP contribution is 2.48. The Hall–Kier alpha value is -4.58. The molecule has 46 heavy (non-hydrogen) atoms. The van der Waals surface area contributed by atoms with Gasteiger partial charge in [-0.25, -0.2) is 27.6 Å². The monoisotopic (exact) mass is 651 g/mol. The quantitative estimate of drug-likeness (QED) is 0.270. The normalized spacial score (nSPS) is 23.4. The van der Waals surface area contributed by atoms with Crippen molar-refractivity contribution in [3.63, 3.8) is 0 Å². The second kappa shape index (κ2) is 11.3. The molecule has 4 aromatic rings. The maximum Gasteiger partial charge on any atom is 0.408 e. The number of imidazole rings is 1. The van der Waals surface area contributed by atoms with Crippen LogP contribution in [0, 0.1) is 18.3 Å². The molecule has 0 aromatic carbocycles. The predicted molar refractivity (Wildman–Crippen MR) is 145 cm³/mol. The Kier molecular flexibility index (Phi) is 7.74. The third-order valence-electron chi connectivity index (χ3n) is 9.21. The van der Waals surface area contributed by atoms with Crippen LogP contribution < -0.4 is 10.6 Å². The molecule has 2 fully saturated rings. The Balaban J connectivity index is 1.33. The minimum Gasteiger partial charge on any atom is -0.344 e. The van der Waals surface area contributed by atoms with E-state index < -0.39 is 59.7 Å². The van der Waals surface area contributed by atoms with Gasteiger partial charge in [0.2, 0.25) is 11.8 Å². The van der Waals surface area contributed by atoms with Crippen LogP contribution in [-0.2, 0) is 18.3 Å². The maximum absolute atomic E-state index is 14.0.